The van der Waals surface area contributed by atoms with Crippen LogP contribution in [0.3, 0.4) is 0 Å². The third kappa shape index (κ3) is 4.03. The van der Waals surface area contributed by atoms with Gasteiger partial charge in [0.2, 0.25) is 0 Å². The van der Waals surface area contributed by atoms with Crippen LogP contribution in [0.15, 0.2) is 18.2 Å². The van der Waals surface area contributed by atoms with Crippen LogP contribution in [-0.4, -0.2) is 43.2 Å². The first-order chi connectivity index (χ1) is 12.3. The third-order valence-corrected chi connectivity index (χ3v) is 6.75. The van der Waals surface area contributed by atoms with E-state index in [1.54, 1.807) is 7.11 Å². The van der Waals surface area contributed by atoms with E-state index in [-0.39, 0.29) is 0 Å². The molecule has 0 bridgehead atoms. The van der Waals surface area contributed by atoms with E-state index >= 15 is 0 Å². The molecule has 0 aromatic heterocycles. The molecule has 1 aromatic rings. The molecule has 1 heterocycles. The molecule has 1 saturated carbocycles. The summed E-state index contributed by atoms with van der Waals surface area (Å²) in [5, 5.41) is 3.99. The number of hydrogen-bond donors (Lipinski definition) is 1. The molecule has 1 saturated heterocycles. The second-order valence-corrected chi connectivity index (χ2v) is 8.31. The second kappa shape index (κ2) is 8.09. The first-order valence-corrected chi connectivity index (χ1v) is 10.5. The molecule has 25 heavy (non-hydrogen) atoms. The van der Waals surface area contributed by atoms with Crippen LogP contribution in [0.4, 0.5) is 0 Å². The van der Waals surface area contributed by atoms with Gasteiger partial charge in [-0.3, -0.25) is 0 Å². The fourth-order valence-corrected chi connectivity index (χ4v) is 5.32. The van der Waals surface area contributed by atoms with Crippen molar-refractivity contribution in [3.05, 3.63) is 29.3 Å². The van der Waals surface area contributed by atoms with Crippen LogP contribution in [0.1, 0.15) is 62.5 Å². The molecule has 1 N–H and O–H groups in total. The summed E-state index contributed by atoms with van der Waals surface area (Å²) in [6, 6.07) is 8.79. The minimum Gasteiger partial charge on any atom is -0.496 e. The summed E-state index contributed by atoms with van der Waals surface area (Å²) >= 11 is 0. The van der Waals surface area contributed by atoms with Gasteiger partial charge >= 0.3 is 0 Å². The van der Waals surface area contributed by atoms with Crippen LogP contribution in [0.2, 0.25) is 0 Å². The topological polar surface area (TPSA) is 24.5 Å². The molecule has 1 aliphatic heterocycles. The predicted molar refractivity (Wildman–Crippen MR) is 103 cm³/mol. The molecule has 2 aliphatic carbocycles. The molecule has 1 unspecified atom stereocenters. The molecule has 1 aromatic carbocycles. The second-order valence-electron chi connectivity index (χ2n) is 8.31. The summed E-state index contributed by atoms with van der Waals surface area (Å²) in [5.74, 6) is 1.08. The summed E-state index contributed by atoms with van der Waals surface area (Å²) in [4.78, 5) is 2.79. The van der Waals surface area contributed by atoms with Crippen LogP contribution in [0.5, 0.6) is 5.75 Å². The highest BCUT2D eigenvalue weighted by Crippen LogP contribution is 2.30. The summed E-state index contributed by atoms with van der Waals surface area (Å²) < 4.78 is 5.54. The summed E-state index contributed by atoms with van der Waals surface area (Å²) in [7, 11) is 1.79. The van der Waals surface area contributed by atoms with Gasteiger partial charge < -0.3 is 15.0 Å². The maximum Gasteiger partial charge on any atom is 0.122 e. The highest BCUT2D eigenvalue weighted by atomic mass is 16.5. The Morgan fingerprint density at radius 3 is 2.52 bits per heavy atom. The van der Waals surface area contributed by atoms with E-state index in [4.69, 9.17) is 4.74 Å². The molecule has 0 amide bonds. The van der Waals surface area contributed by atoms with Gasteiger partial charge in [0.15, 0.2) is 0 Å². The van der Waals surface area contributed by atoms with Gasteiger partial charge in [0.25, 0.3) is 0 Å². The molecule has 3 nitrogen and oxygen atoms in total. The monoisotopic (exact) mass is 342 g/mol. The molecule has 0 spiro atoms. The maximum absolute atomic E-state index is 5.54. The highest BCUT2D eigenvalue weighted by Gasteiger charge is 2.28. The van der Waals surface area contributed by atoms with E-state index in [0.717, 1.165) is 30.7 Å². The van der Waals surface area contributed by atoms with Crippen molar-refractivity contribution < 1.29 is 4.74 Å². The average Bonchev–Trinajstić information content (AvgIpc) is 2.68. The standard InChI is InChI=1S/C22H34N2O/c1-25-22-9-5-6-17-16-19(10-11-21(17)22)23-18-12-14-24(15-13-18)20-7-3-2-4-8-20/h5-6,9,18-20,23H,2-4,7-8,10-16H2,1H3. The van der Waals surface area contributed by atoms with Crippen molar-refractivity contribution in [3.63, 3.8) is 0 Å². The molecule has 138 valence electrons. The lowest BCUT2D eigenvalue weighted by Gasteiger charge is -2.41. The van der Waals surface area contributed by atoms with Gasteiger partial charge in [-0.05, 0) is 75.2 Å². The first kappa shape index (κ1) is 17.4. The van der Waals surface area contributed by atoms with Crippen molar-refractivity contribution in [2.75, 3.05) is 20.2 Å². The summed E-state index contributed by atoms with van der Waals surface area (Å²) in [6.07, 6.45) is 13.5. The Morgan fingerprint density at radius 2 is 1.76 bits per heavy atom. The van der Waals surface area contributed by atoms with Crippen LogP contribution >= 0.6 is 0 Å². The smallest absolute Gasteiger partial charge is 0.122 e. The highest BCUT2D eigenvalue weighted by molar-refractivity contribution is 5.42. The Bertz CT molecular complexity index is 559. The zero-order valence-electron chi connectivity index (χ0n) is 15.8. The Kier molecular flexibility index (Phi) is 5.62. The van der Waals surface area contributed by atoms with Gasteiger partial charge in [-0.25, -0.2) is 0 Å². The molecule has 1 atom stereocenters. The number of likely N-dealkylation sites (tertiary alicyclic amines) is 1. The molecule has 4 rings (SSSR count). The summed E-state index contributed by atoms with van der Waals surface area (Å²) in [6.45, 7) is 2.61. The van der Waals surface area contributed by atoms with Gasteiger partial charge in [0, 0.05) is 18.1 Å². The fraction of sp³-hybridized carbons (Fsp3) is 0.727. The Morgan fingerprint density at radius 1 is 0.960 bits per heavy atom. The van der Waals surface area contributed by atoms with Crippen LogP contribution in [0, 0.1) is 0 Å². The van der Waals surface area contributed by atoms with Crippen molar-refractivity contribution in [1.82, 2.24) is 10.2 Å². The van der Waals surface area contributed by atoms with E-state index in [2.05, 4.69) is 28.4 Å². The normalized spacial score (nSPS) is 26.4. The van der Waals surface area contributed by atoms with Gasteiger partial charge in [-0.1, -0.05) is 31.4 Å². The van der Waals surface area contributed by atoms with E-state index < -0.39 is 0 Å². The number of fused-ring (bicyclic) bond motifs is 1. The Hall–Kier alpha value is -1.06. The lowest BCUT2D eigenvalue weighted by atomic mass is 9.86. The van der Waals surface area contributed by atoms with E-state index in [9.17, 15) is 0 Å². The van der Waals surface area contributed by atoms with Crippen molar-refractivity contribution in [1.29, 1.82) is 0 Å². The van der Waals surface area contributed by atoms with Gasteiger partial charge in [-0.2, -0.15) is 0 Å². The van der Waals surface area contributed by atoms with E-state index in [1.807, 2.05) is 0 Å². The average molecular weight is 343 g/mol. The minimum atomic E-state index is 0.644. The Balaban J connectivity index is 1.28. The largest absolute Gasteiger partial charge is 0.496 e. The van der Waals surface area contributed by atoms with E-state index in [0.29, 0.717) is 6.04 Å². The molecular weight excluding hydrogens is 308 g/mol. The van der Waals surface area contributed by atoms with Crippen LogP contribution < -0.4 is 10.1 Å². The number of ether oxygens (including phenoxy) is 1. The van der Waals surface area contributed by atoms with Crippen LogP contribution in [-0.2, 0) is 12.8 Å². The first-order valence-electron chi connectivity index (χ1n) is 10.5. The van der Waals surface area contributed by atoms with Gasteiger partial charge in [0.1, 0.15) is 5.75 Å². The number of rotatable bonds is 4. The Labute approximate surface area is 153 Å². The van der Waals surface area contributed by atoms with Crippen molar-refractivity contribution in [2.45, 2.75) is 82.3 Å². The number of nitrogens with zero attached hydrogens (tertiary/aromatic N) is 1. The molecule has 3 heteroatoms. The van der Waals surface area contributed by atoms with Crippen molar-refractivity contribution in [3.8, 4) is 5.75 Å². The number of methoxy groups -OCH3 is 1. The van der Waals surface area contributed by atoms with E-state index in [1.165, 1.54) is 75.6 Å². The number of nitrogens with one attached hydrogen (secondary N) is 1. The fourth-order valence-electron chi connectivity index (χ4n) is 5.32. The molecule has 2 fully saturated rings. The molecule has 0 radical (unpaired) electrons. The third-order valence-electron chi connectivity index (χ3n) is 6.75. The number of benzene rings is 1. The number of piperidine rings is 1. The lowest BCUT2D eigenvalue weighted by molar-refractivity contribution is 0.112. The van der Waals surface area contributed by atoms with Crippen molar-refractivity contribution >= 4 is 0 Å². The maximum atomic E-state index is 5.54. The zero-order valence-corrected chi connectivity index (χ0v) is 15.8. The zero-order chi connectivity index (χ0) is 17.1. The minimum absolute atomic E-state index is 0.644. The van der Waals surface area contributed by atoms with Crippen molar-refractivity contribution in [2.24, 2.45) is 0 Å². The quantitative estimate of drug-likeness (QED) is 0.897. The lowest BCUT2D eigenvalue weighted by Crippen LogP contribution is -2.50. The molecule has 3 aliphatic rings. The van der Waals surface area contributed by atoms with Crippen LogP contribution in [0.25, 0.3) is 0 Å². The van der Waals surface area contributed by atoms with Gasteiger partial charge in [-0.15, -0.1) is 0 Å². The SMILES string of the molecule is COc1cccc2c1CCC(NC1CCN(C3CCCCC3)CC1)C2. The summed E-state index contributed by atoms with van der Waals surface area (Å²) in [5.41, 5.74) is 2.93. The predicted octanol–water partition coefficient (Wildman–Crippen LogP) is 3.94. The van der Waals surface area contributed by atoms with Gasteiger partial charge in [0.05, 0.1) is 7.11 Å². The molecular formula is C22H34N2O. The number of hydrogen-bond acceptors (Lipinski definition) is 3.